The van der Waals surface area contributed by atoms with E-state index in [-0.39, 0.29) is 17.7 Å². The fourth-order valence-electron chi connectivity index (χ4n) is 3.32. The summed E-state index contributed by atoms with van der Waals surface area (Å²) >= 11 is 5.90. The van der Waals surface area contributed by atoms with Gasteiger partial charge in [-0.25, -0.2) is 0 Å². The first-order chi connectivity index (χ1) is 13.7. The van der Waals surface area contributed by atoms with Crippen LogP contribution in [-0.2, 0) is 16.0 Å². The van der Waals surface area contributed by atoms with Gasteiger partial charge in [0.25, 0.3) is 5.91 Å². The lowest BCUT2D eigenvalue weighted by molar-refractivity contribution is -0.128. The average Bonchev–Trinajstić information content (AvgIpc) is 2.68. The minimum atomic E-state index is -1.09. The number of nitrogens with zero attached hydrogens (tertiary/aromatic N) is 1. The second-order valence-corrected chi connectivity index (χ2v) is 8.55. The first-order valence-corrected chi connectivity index (χ1v) is 10.3. The van der Waals surface area contributed by atoms with Gasteiger partial charge in [-0.1, -0.05) is 31.5 Å². The number of anilines is 2. The molecule has 0 saturated heterocycles. The molecule has 1 heterocycles. The van der Waals surface area contributed by atoms with Crippen LogP contribution in [0.25, 0.3) is 0 Å². The highest BCUT2D eigenvalue weighted by Gasteiger charge is 2.31. The molecular weight excluding hydrogens is 388 g/mol. The van der Waals surface area contributed by atoms with E-state index in [0.717, 1.165) is 24.1 Å². The van der Waals surface area contributed by atoms with E-state index in [2.05, 4.69) is 5.32 Å². The van der Waals surface area contributed by atoms with Crippen molar-refractivity contribution in [2.75, 3.05) is 16.8 Å². The molecule has 0 saturated carbocycles. The van der Waals surface area contributed by atoms with Gasteiger partial charge in [-0.05, 0) is 68.7 Å². The van der Waals surface area contributed by atoms with Crippen molar-refractivity contribution in [2.24, 2.45) is 5.92 Å². The highest BCUT2D eigenvalue weighted by Crippen LogP contribution is 2.31. The maximum atomic E-state index is 12.9. The van der Waals surface area contributed by atoms with Crippen molar-refractivity contribution in [1.82, 2.24) is 0 Å². The molecule has 1 aliphatic rings. The molecular formula is C23H27ClN2O3. The van der Waals surface area contributed by atoms with Crippen LogP contribution in [-0.4, -0.2) is 24.0 Å². The predicted molar refractivity (Wildman–Crippen MR) is 117 cm³/mol. The van der Waals surface area contributed by atoms with Crippen LogP contribution in [0.2, 0.25) is 5.02 Å². The zero-order valence-corrected chi connectivity index (χ0v) is 18.0. The SMILES string of the molecule is CC(C)C(=O)N1CCCc2ccc(NC(=O)C(C)(C)Oc3ccc(Cl)cc3)cc21. The Kier molecular flexibility index (Phi) is 6.18. The molecule has 1 aliphatic heterocycles. The topological polar surface area (TPSA) is 58.6 Å². The van der Waals surface area contributed by atoms with Crippen LogP contribution in [0.4, 0.5) is 11.4 Å². The standard InChI is InChI=1S/C23H27ClN2O3/c1-15(2)21(27)26-13-5-6-16-7-10-18(14-20(16)26)25-22(28)23(3,4)29-19-11-8-17(24)9-12-19/h7-12,14-15H,5-6,13H2,1-4H3,(H,25,28). The number of carbonyl (C=O) groups is 2. The average molecular weight is 415 g/mol. The van der Waals surface area contributed by atoms with Gasteiger partial charge in [0, 0.05) is 28.9 Å². The Labute approximate surface area is 177 Å². The molecule has 0 bridgehead atoms. The number of fused-ring (bicyclic) bond motifs is 1. The highest BCUT2D eigenvalue weighted by molar-refractivity contribution is 6.30. The highest BCUT2D eigenvalue weighted by atomic mass is 35.5. The lowest BCUT2D eigenvalue weighted by Crippen LogP contribution is -2.42. The molecule has 0 fully saturated rings. The molecule has 29 heavy (non-hydrogen) atoms. The number of amides is 2. The summed E-state index contributed by atoms with van der Waals surface area (Å²) in [7, 11) is 0. The third kappa shape index (κ3) is 4.91. The summed E-state index contributed by atoms with van der Waals surface area (Å²) in [6.45, 7) is 7.93. The normalized spacial score (nSPS) is 13.8. The van der Waals surface area contributed by atoms with Gasteiger partial charge in [0.05, 0.1) is 0 Å². The molecule has 0 aromatic heterocycles. The minimum absolute atomic E-state index is 0.0779. The van der Waals surface area contributed by atoms with Crippen molar-refractivity contribution in [2.45, 2.75) is 46.1 Å². The molecule has 2 amide bonds. The Morgan fingerprint density at radius 2 is 1.83 bits per heavy atom. The lowest BCUT2D eigenvalue weighted by atomic mass is 9.99. The number of benzene rings is 2. The molecule has 0 aliphatic carbocycles. The monoisotopic (exact) mass is 414 g/mol. The quantitative estimate of drug-likeness (QED) is 0.742. The molecule has 0 radical (unpaired) electrons. The van der Waals surface area contributed by atoms with Crippen molar-refractivity contribution in [3.05, 3.63) is 53.1 Å². The van der Waals surface area contributed by atoms with Crippen molar-refractivity contribution in [3.63, 3.8) is 0 Å². The van der Waals surface area contributed by atoms with E-state index in [1.165, 1.54) is 0 Å². The second-order valence-electron chi connectivity index (χ2n) is 8.11. The van der Waals surface area contributed by atoms with Crippen LogP contribution in [0.3, 0.4) is 0 Å². The van der Waals surface area contributed by atoms with Gasteiger partial charge in [-0.3, -0.25) is 9.59 Å². The number of ether oxygens (including phenoxy) is 1. The molecule has 0 atom stereocenters. The fourth-order valence-corrected chi connectivity index (χ4v) is 3.44. The molecule has 1 N–H and O–H groups in total. The van der Waals surface area contributed by atoms with E-state index in [1.54, 1.807) is 38.1 Å². The first kappa shape index (κ1) is 21.2. The van der Waals surface area contributed by atoms with E-state index in [0.29, 0.717) is 23.0 Å². The Morgan fingerprint density at radius 1 is 1.14 bits per heavy atom. The van der Waals surface area contributed by atoms with Gasteiger partial charge >= 0.3 is 0 Å². The van der Waals surface area contributed by atoms with Gasteiger partial charge in [0.2, 0.25) is 5.91 Å². The summed E-state index contributed by atoms with van der Waals surface area (Å²) in [5, 5.41) is 3.53. The molecule has 0 spiro atoms. The number of hydrogen-bond donors (Lipinski definition) is 1. The summed E-state index contributed by atoms with van der Waals surface area (Å²) in [4.78, 5) is 27.3. The summed E-state index contributed by atoms with van der Waals surface area (Å²) in [6, 6.07) is 12.6. The van der Waals surface area contributed by atoms with Crippen LogP contribution in [0.1, 0.15) is 39.7 Å². The van der Waals surface area contributed by atoms with E-state index in [4.69, 9.17) is 16.3 Å². The Hall–Kier alpha value is -2.53. The molecule has 3 rings (SSSR count). The molecule has 2 aromatic rings. The molecule has 154 valence electrons. The predicted octanol–water partition coefficient (Wildman–Crippen LogP) is 5.07. The van der Waals surface area contributed by atoms with Gasteiger partial charge in [0.1, 0.15) is 5.75 Å². The summed E-state index contributed by atoms with van der Waals surface area (Å²) in [5.41, 5.74) is 1.56. The number of halogens is 1. The van der Waals surface area contributed by atoms with E-state index >= 15 is 0 Å². The van der Waals surface area contributed by atoms with E-state index < -0.39 is 5.60 Å². The van der Waals surface area contributed by atoms with Gasteiger partial charge < -0.3 is 15.0 Å². The van der Waals surface area contributed by atoms with Crippen molar-refractivity contribution >= 4 is 34.8 Å². The van der Waals surface area contributed by atoms with Crippen molar-refractivity contribution in [3.8, 4) is 5.75 Å². The van der Waals surface area contributed by atoms with E-state index in [9.17, 15) is 9.59 Å². The van der Waals surface area contributed by atoms with Crippen LogP contribution in [0.15, 0.2) is 42.5 Å². The Balaban J connectivity index is 1.77. The number of nitrogens with one attached hydrogen (secondary N) is 1. The minimum Gasteiger partial charge on any atom is -0.478 e. The van der Waals surface area contributed by atoms with E-state index in [1.807, 2.05) is 36.9 Å². The van der Waals surface area contributed by atoms with Gasteiger partial charge in [-0.15, -0.1) is 0 Å². The lowest BCUT2D eigenvalue weighted by Gasteiger charge is -2.31. The third-order valence-corrected chi connectivity index (χ3v) is 5.21. The summed E-state index contributed by atoms with van der Waals surface area (Å²) < 4.78 is 5.86. The third-order valence-electron chi connectivity index (χ3n) is 4.96. The van der Waals surface area contributed by atoms with Crippen LogP contribution < -0.4 is 15.0 Å². The van der Waals surface area contributed by atoms with Crippen LogP contribution >= 0.6 is 11.6 Å². The number of carbonyl (C=O) groups excluding carboxylic acids is 2. The van der Waals surface area contributed by atoms with Crippen molar-refractivity contribution < 1.29 is 14.3 Å². The molecule has 0 unspecified atom stereocenters. The maximum absolute atomic E-state index is 12.9. The summed E-state index contributed by atoms with van der Waals surface area (Å²) in [5.74, 6) is 0.311. The van der Waals surface area contributed by atoms with Gasteiger partial charge in [0.15, 0.2) is 5.60 Å². The first-order valence-electron chi connectivity index (χ1n) is 9.88. The number of aryl methyl sites for hydroxylation is 1. The number of rotatable bonds is 5. The largest absolute Gasteiger partial charge is 0.478 e. The maximum Gasteiger partial charge on any atom is 0.267 e. The zero-order valence-electron chi connectivity index (χ0n) is 17.3. The van der Waals surface area contributed by atoms with Crippen LogP contribution in [0, 0.1) is 5.92 Å². The van der Waals surface area contributed by atoms with Gasteiger partial charge in [-0.2, -0.15) is 0 Å². The fraction of sp³-hybridized carbons (Fsp3) is 0.391. The van der Waals surface area contributed by atoms with Crippen molar-refractivity contribution in [1.29, 1.82) is 0 Å². The van der Waals surface area contributed by atoms with Crippen LogP contribution in [0.5, 0.6) is 5.75 Å². The zero-order chi connectivity index (χ0) is 21.2. The summed E-state index contributed by atoms with van der Waals surface area (Å²) in [6.07, 6.45) is 1.87. The smallest absolute Gasteiger partial charge is 0.267 e. The molecule has 6 heteroatoms. The number of hydrogen-bond acceptors (Lipinski definition) is 3. The second kappa shape index (κ2) is 8.46. The molecule has 2 aromatic carbocycles. The molecule has 5 nitrogen and oxygen atoms in total. The Bertz CT molecular complexity index is 907. The Morgan fingerprint density at radius 3 is 2.48 bits per heavy atom.